The summed E-state index contributed by atoms with van der Waals surface area (Å²) in [5.74, 6) is 0. The van der Waals surface area contributed by atoms with Crippen LogP contribution in [0.25, 0.3) is 11.1 Å². The van der Waals surface area contributed by atoms with Gasteiger partial charge in [0.15, 0.2) is 0 Å². The largest absolute Gasteiger partial charge is 4.00 e. The van der Waals surface area contributed by atoms with Crippen molar-refractivity contribution in [3.63, 3.8) is 0 Å². The van der Waals surface area contributed by atoms with Crippen LogP contribution in [0.4, 0.5) is 0 Å². The maximum Gasteiger partial charge on any atom is 4.00 e. The topological polar surface area (TPSA) is 0 Å². The molecule has 3 aliphatic carbocycles. The van der Waals surface area contributed by atoms with Crippen LogP contribution in [-0.4, -0.2) is 0 Å². The Morgan fingerprint density at radius 3 is 1.61 bits per heavy atom. The van der Waals surface area contributed by atoms with Crippen LogP contribution in [0.2, 0.25) is 0 Å². The van der Waals surface area contributed by atoms with Crippen molar-refractivity contribution < 1.29 is 26.2 Å². The third-order valence-corrected chi connectivity index (χ3v) is 5.81. The van der Waals surface area contributed by atoms with Gasteiger partial charge in [0.2, 0.25) is 0 Å². The summed E-state index contributed by atoms with van der Waals surface area (Å²) in [5.41, 5.74) is 5.51. The minimum absolute atomic E-state index is 0. The Bertz CT molecular complexity index is 710. The number of halogens is 2. The van der Waals surface area contributed by atoms with Gasteiger partial charge in [-0.1, -0.05) is 73.9 Å². The first-order chi connectivity index (χ1) is 14.9. The van der Waals surface area contributed by atoms with Crippen molar-refractivity contribution in [2.75, 3.05) is 0 Å². The van der Waals surface area contributed by atoms with Crippen LogP contribution in [0.1, 0.15) is 75.3 Å². The number of hydrogen-bond donors (Lipinski definition) is 0. The van der Waals surface area contributed by atoms with Crippen LogP contribution in [0.5, 0.6) is 0 Å². The molecule has 6 rings (SSSR count). The number of fused-ring (bicyclic) bond motifs is 3. The smallest absolute Gasteiger partial charge is 0.328 e. The summed E-state index contributed by atoms with van der Waals surface area (Å²) in [6.07, 6.45) is 20.0. The Morgan fingerprint density at radius 1 is 0.606 bits per heavy atom. The molecule has 3 heteroatoms. The molecule has 0 N–H and O–H groups in total. The van der Waals surface area contributed by atoms with Gasteiger partial charge in [-0.25, -0.2) is 12.1 Å². The molecule has 2 saturated carbocycles. The van der Waals surface area contributed by atoms with E-state index in [-0.39, 0.29) is 51.0 Å². The molecule has 3 aromatic carbocycles. The Labute approximate surface area is 234 Å². The molecule has 0 radical (unpaired) electrons. The van der Waals surface area contributed by atoms with Gasteiger partial charge in [0, 0.05) is 0 Å². The van der Waals surface area contributed by atoms with Crippen molar-refractivity contribution >= 4 is 24.8 Å². The van der Waals surface area contributed by atoms with Crippen molar-refractivity contribution in [2.24, 2.45) is 0 Å². The Hall–Kier alpha value is -0.747. The minimum Gasteiger partial charge on any atom is -0.328 e. The first kappa shape index (κ1) is 32.3. The van der Waals surface area contributed by atoms with E-state index in [4.69, 9.17) is 0 Å². The molecule has 0 aliphatic heterocycles. The molecule has 0 saturated heterocycles. The second-order valence-corrected chi connectivity index (χ2v) is 8.21. The minimum atomic E-state index is 0. The molecular formula is C30H38Cl2Zr. The Balaban J connectivity index is 0.000000439. The summed E-state index contributed by atoms with van der Waals surface area (Å²) in [6, 6.07) is 28.1. The first-order valence-electron chi connectivity index (χ1n) is 11.8. The summed E-state index contributed by atoms with van der Waals surface area (Å²) in [6.45, 7) is 0. The van der Waals surface area contributed by atoms with Crippen LogP contribution in [0.3, 0.4) is 0 Å². The molecular weight excluding hydrogens is 522 g/mol. The number of hydrogen-bond acceptors (Lipinski definition) is 0. The average molecular weight is 561 g/mol. The van der Waals surface area contributed by atoms with E-state index in [0.717, 1.165) is 6.42 Å². The third kappa shape index (κ3) is 12.5. The van der Waals surface area contributed by atoms with Gasteiger partial charge in [0.1, 0.15) is 0 Å². The van der Waals surface area contributed by atoms with Crippen molar-refractivity contribution in [3.05, 3.63) is 103 Å². The van der Waals surface area contributed by atoms with E-state index in [0.29, 0.717) is 0 Å². The normalized spacial score (nSPS) is 14.8. The molecule has 0 aromatic heterocycles. The molecule has 3 aromatic rings. The fourth-order valence-corrected chi connectivity index (χ4v) is 4.12. The molecule has 0 amide bonds. The van der Waals surface area contributed by atoms with Crippen molar-refractivity contribution in [2.45, 2.75) is 70.6 Å². The SMILES string of the molecule is Cl.Cl.[CH-]1CCCCC1.[CH-]1CCCCC1.[Zr+4].[c-]1cccc2c1Cc1ccccc1-2.c1cc[cH-]c1. The number of rotatable bonds is 0. The zero-order valence-corrected chi connectivity index (χ0v) is 23.8. The maximum absolute atomic E-state index is 3.30. The summed E-state index contributed by atoms with van der Waals surface area (Å²) >= 11 is 0. The zero-order valence-electron chi connectivity index (χ0n) is 19.7. The summed E-state index contributed by atoms with van der Waals surface area (Å²) < 4.78 is 0. The monoisotopic (exact) mass is 558 g/mol. The van der Waals surface area contributed by atoms with E-state index in [1.807, 2.05) is 36.4 Å². The standard InChI is InChI=1S/C13H9.2C6H11.C5H5.2ClH.Zr/c1-3-7-12-10(5-1)9-11-6-2-4-8-13(11)12;2*1-2-4-6-5-3-1;1-2-4-5-3-1;;;/h1-5,7-8H,9H2;2*1H,2-6H2;1-5H;2*1H;/q4*-1;;;+4. The van der Waals surface area contributed by atoms with E-state index in [1.165, 1.54) is 86.5 Å². The van der Waals surface area contributed by atoms with Gasteiger partial charge in [-0.2, -0.15) is 73.7 Å². The Kier molecular flexibility index (Phi) is 20.1. The second kappa shape index (κ2) is 20.6. The quantitative estimate of drug-likeness (QED) is 0.188. The van der Waals surface area contributed by atoms with Gasteiger partial charge >= 0.3 is 26.2 Å². The number of benzene rings is 2. The molecule has 0 atom stereocenters. The molecule has 0 unspecified atom stereocenters. The van der Waals surface area contributed by atoms with Crippen LogP contribution >= 0.6 is 24.8 Å². The van der Waals surface area contributed by atoms with Crippen LogP contribution in [0.15, 0.2) is 72.8 Å². The molecule has 0 spiro atoms. The molecule has 3 aliphatic rings. The van der Waals surface area contributed by atoms with Crippen LogP contribution < -0.4 is 0 Å². The second-order valence-electron chi connectivity index (χ2n) is 8.21. The van der Waals surface area contributed by atoms with E-state index in [9.17, 15) is 0 Å². The van der Waals surface area contributed by atoms with E-state index in [2.05, 4.69) is 55.3 Å². The van der Waals surface area contributed by atoms with Gasteiger partial charge in [-0.3, -0.25) is 0 Å². The van der Waals surface area contributed by atoms with E-state index >= 15 is 0 Å². The molecule has 33 heavy (non-hydrogen) atoms. The average Bonchev–Trinajstić information content (AvgIpc) is 3.54. The molecule has 176 valence electrons. The molecule has 0 heterocycles. The van der Waals surface area contributed by atoms with Gasteiger partial charge in [-0.15, -0.1) is 30.4 Å². The maximum atomic E-state index is 3.30. The van der Waals surface area contributed by atoms with Gasteiger partial charge < -0.3 is 12.8 Å². The van der Waals surface area contributed by atoms with Crippen molar-refractivity contribution in [1.82, 2.24) is 0 Å². The molecule has 0 nitrogen and oxygen atoms in total. The third-order valence-electron chi connectivity index (χ3n) is 5.81. The van der Waals surface area contributed by atoms with Gasteiger partial charge in [-0.05, 0) is 6.42 Å². The van der Waals surface area contributed by atoms with Crippen LogP contribution in [-0.2, 0) is 32.6 Å². The molecule has 0 bridgehead atoms. The van der Waals surface area contributed by atoms with Crippen molar-refractivity contribution in [1.29, 1.82) is 0 Å². The van der Waals surface area contributed by atoms with Gasteiger partial charge in [0.05, 0.1) is 0 Å². The predicted molar refractivity (Wildman–Crippen MR) is 145 cm³/mol. The summed E-state index contributed by atoms with van der Waals surface area (Å²) in [7, 11) is 0. The fraction of sp³-hybridized carbons (Fsp3) is 0.367. The van der Waals surface area contributed by atoms with E-state index in [1.54, 1.807) is 0 Å². The predicted octanol–water partition coefficient (Wildman–Crippen LogP) is 9.61. The summed E-state index contributed by atoms with van der Waals surface area (Å²) in [4.78, 5) is 0. The summed E-state index contributed by atoms with van der Waals surface area (Å²) in [5, 5.41) is 0. The zero-order chi connectivity index (χ0) is 20.7. The van der Waals surface area contributed by atoms with Crippen LogP contribution in [0, 0.1) is 18.9 Å². The fourth-order valence-electron chi connectivity index (χ4n) is 4.12. The van der Waals surface area contributed by atoms with Crippen molar-refractivity contribution in [3.8, 4) is 11.1 Å². The van der Waals surface area contributed by atoms with E-state index < -0.39 is 0 Å². The van der Waals surface area contributed by atoms with Gasteiger partial charge in [0.25, 0.3) is 0 Å². The Morgan fingerprint density at radius 2 is 1.15 bits per heavy atom. The molecule has 2 fully saturated rings. The first-order valence-corrected chi connectivity index (χ1v) is 11.8.